The molecule has 4 rings (SSSR count). The molecule has 0 saturated carbocycles. The van der Waals surface area contributed by atoms with Gasteiger partial charge in [-0.15, -0.1) is 0 Å². The van der Waals surface area contributed by atoms with Crippen LogP contribution in [0.1, 0.15) is 27.6 Å². The highest BCUT2D eigenvalue weighted by Gasteiger charge is 2.31. The lowest BCUT2D eigenvalue weighted by Crippen LogP contribution is -2.12. The third kappa shape index (κ3) is 2.68. The Morgan fingerprint density at radius 3 is 1.84 bits per heavy atom. The summed E-state index contributed by atoms with van der Waals surface area (Å²) < 4.78 is 5.90. The Hall–Kier alpha value is -3.07. The average Bonchev–Trinajstić information content (AvgIpc) is 2.96. The zero-order chi connectivity index (χ0) is 17.4. The minimum absolute atomic E-state index is 0.304. The second kappa shape index (κ2) is 6.10. The van der Waals surface area contributed by atoms with Gasteiger partial charge in [0.15, 0.2) is 6.10 Å². The lowest BCUT2D eigenvalue weighted by atomic mass is 10.1. The molecule has 0 aliphatic heterocycles. The quantitative estimate of drug-likeness (QED) is 0.654. The van der Waals surface area contributed by atoms with Crippen LogP contribution in [0.2, 0.25) is 0 Å². The Morgan fingerprint density at radius 1 is 0.800 bits per heavy atom. The van der Waals surface area contributed by atoms with Gasteiger partial charge in [-0.2, -0.15) is 0 Å². The number of anilines is 1. The summed E-state index contributed by atoms with van der Waals surface area (Å²) in [5.41, 5.74) is 5.97. The summed E-state index contributed by atoms with van der Waals surface area (Å²) in [6.07, 6.45) is -0.353. The van der Waals surface area contributed by atoms with Crippen LogP contribution in [0.25, 0.3) is 11.1 Å². The predicted octanol–water partition coefficient (Wildman–Crippen LogP) is 4.68. The van der Waals surface area contributed by atoms with Crippen molar-refractivity contribution >= 4 is 11.7 Å². The van der Waals surface area contributed by atoms with Crippen molar-refractivity contribution < 1.29 is 9.53 Å². The van der Waals surface area contributed by atoms with E-state index in [4.69, 9.17) is 4.74 Å². The first-order valence-electron chi connectivity index (χ1n) is 8.32. The highest BCUT2D eigenvalue weighted by atomic mass is 16.5. The number of hydrogen-bond donors (Lipinski definition) is 0. The second-order valence-corrected chi connectivity index (χ2v) is 6.40. The Kier molecular flexibility index (Phi) is 3.77. The van der Waals surface area contributed by atoms with E-state index in [1.807, 2.05) is 79.7 Å². The Labute approximate surface area is 147 Å². The van der Waals surface area contributed by atoms with Gasteiger partial charge < -0.3 is 9.64 Å². The predicted molar refractivity (Wildman–Crippen MR) is 99.9 cm³/mol. The van der Waals surface area contributed by atoms with Gasteiger partial charge in [0, 0.05) is 30.9 Å². The SMILES string of the molecule is CN(C)c1ccc(C(=O)OC2c3ccccc3-c3ccccc32)cc1. The molecule has 0 radical (unpaired) electrons. The van der Waals surface area contributed by atoms with E-state index in [2.05, 4.69) is 12.1 Å². The maximum atomic E-state index is 12.7. The van der Waals surface area contributed by atoms with Gasteiger partial charge in [0.25, 0.3) is 0 Å². The number of rotatable bonds is 3. The zero-order valence-corrected chi connectivity index (χ0v) is 14.3. The number of nitrogens with zero attached hydrogens (tertiary/aromatic N) is 1. The van der Waals surface area contributed by atoms with Crippen LogP contribution < -0.4 is 4.90 Å². The molecule has 3 nitrogen and oxygen atoms in total. The number of carbonyl (C=O) groups excluding carboxylic acids is 1. The molecule has 1 aliphatic rings. The van der Waals surface area contributed by atoms with Gasteiger partial charge in [0.1, 0.15) is 0 Å². The summed E-state index contributed by atoms with van der Waals surface area (Å²) in [6.45, 7) is 0. The number of carbonyl (C=O) groups is 1. The molecule has 0 bridgehead atoms. The largest absolute Gasteiger partial charge is 0.449 e. The van der Waals surface area contributed by atoms with Gasteiger partial charge in [0.2, 0.25) is 0 Å². The van der Waals surface area contributed by atoms with Crippen molar-refractivity contribution in [1.29, 1.82) is 0 Å². The molecule has 0 spiro atoms. The van der Waals surface area contributed by atoms with E-state index >= 15 is 0 Å². The highest BCUT2D eigenvalue weighted by molar-refractivity contribution is 5.91. The molecular weight excluding hydrogens is 310 g/mol. The van der Waals surface area contributed by atoms with Gasteiger partial charge in [0.05, 0.1) is 5.56 Å². The smallest absolute Gasteiger partial charge is 0.339 e. The molecule has 0 unspecified atom stereocenters. The molecule has 3 aromatic rings. The normalized spacial score (nSPS) is 12.4. The summed E-state index contributed by atoms with van der Waals surface area (Å²) in [5.74, 6) is -0.304. The van der Waals surface area contributed by atoms with Crippen LogP contribution >= 0.6 is 0 Å². The van der Waals surface area contributed by atoms with E-state index in [1.165, 1.54) is 0 Å². The lowest BCUT2D eigenvalue weighted by molar-refractivity contribution is 0.0386. The second-order valence-electron chi connectivity index (χ2n) is 6.40. The average molecular weight is 329 g/mol. The van der Waals surface area contributed by atoms with Crippen molar-refractivity contribution in [3.05, 3.63) is 89.5 Å². The van der Waals surface area contributed by atoms with Gasteiger partial charge in [-0.05, 0) is 35.4 Å². The van der Waals surface area contributed by atoms with Crippen molar-refractivity contribution in [2.24, 2.45) is 0 Å². The van der Waals surface area contributed by atoms with Crippen molar-refractivity contribution in [1.82, 2.24) is 0 Å². The third-order valence-corrected chi connectivity index (χ3v) is 4.62. The topological polar surface area (TPSA) is 29.5 Å². The summed E-state index contributed by atoms with van der Waals surface area (Å²) >= 11 is 0. The molecule has 0 amide bonds. The summed E-state index contributed by atoms with van der Waals surface area (Å²) in [5, 5.41) is 0. The first-order chi connectivity index (χ1) is 12.1. The molecule has 25 heavy (non-hydrogen) atoms. The maximum Gasteiger partial charge on any atom is 0.339 e. The Balaban J connectivity index is 1.65. The van der Waals surface area contributed by atoms with Gasteiger partial charge in [-0.3, -0.25) is 0 Å². The fourth-order valence-electron chi connectivity index (χ4n) is 3.31. The number of hydrogen-bond acceptors (Lipinski definition) is 3. The van der Waals surface area contributed by atoms with Crippen LogP contribution in [-0.2, 0) is 4.74 Å². The molecule has 0 fully saturated rings. The molecule has 0 saturated heterocycles. The summed E-state index contributed by atoms with van der Waals surface area (Å²) in [6, 6.07) is 23.7. The van der Waals surface area contributed by atoms with Crippen LogP contribution in [0.15, 0.2) is 72.8 Å². The number of esters is 1. The number of fused-ring (bicyclic) bond motifs is 3. The molecule has 0 heterocycles. The van der Waals surface area contributed by atoms with E-state index < -0.39 is 0 Å². The molecule has 124 valence electrons. The van der Waals surface area contributed by atoms with Crippen molar-refractivity contribution in [3.8, 4) is 11.1 Å². The molecule has 0 N–H and O–H groups in total. The fraction of sp³-hybridized carbons (Fsp3) is 0.136. The standard InChI is InChI=1S/C22H19NO2/c1-23(2)16-13-11-15(12-14-16)22(24)25-21-19-9-5-3-7-17(19)18-8-4-6-10-20(18)21/h3-14,21H,1-2H3. The monoisotopic (exact) mass is 329 g/mol. The zero-order valence-electron chi connectivity index (χ0n) is 14.3. The first-order valence-corrected chi connectivity index (χ1v) is 8.32. The molecular formula is C22H19NO2. The van der Waals surface area contributed by atoms with Crippen molar-refractivity contribution in [2.75, 3.05) is 19.0 Å². The van der Waals surface area contributed by atoms with Crippen molar-refractivity contribution in [3.63, 3.8) is 0 Å². The maximum absolute atomic E-state index is 12.7. The van der Waals surface area contributed by atoms with E-state index in [-0.39, 0.29) is 12.1 Å². The highest BCUT2D eigenvalue weighted by Crippen LogP contribution is 2.45. The van der Waals surface area contributed by atoms with Gasteiger partial charge in [-0.1, -0.05) is 48.5 Å². The van der Waals surface area contributed by atoms with Crippen LogP contribution in [0.4, 0.5) is 5.69 Å². The van der Waals surface area contributed by atoms with E-state index in [1.54, 1.807) is 0 Å². The summed E-state index contributed by atoms with van der Waals surface area (Å²) in [7, 11) is 3.94. The van der Waals surface area contributed by atoms with Gasteiger partial charge in [-0.25, -0.2) is 4.79 Å². The fourth-order valence-corrected chi connectivity index (χ4v) is 3.31. The molecule has 1 aliphatic carbocycles. The summed E-state index contributed by atoms with van der Waals surface area (Å²) in [4.78, 5) is 14.7. The Morgan fingerprint density at radius 2 is 1.32 bits per heavy atom. The van der Waals surface area contributed by atoms with E-state index in [0.29, 0.717) is 5.56 Å². The minimum atomic E-state index is -0.353. The number of benzene rings is 3. The van der Waals surface area contributed by atoms with Crippen LogP contribution in [0.3, 0.4) is 0 Å². The molecule has 3 aromatic carbocycles. The Bertz CT molecular complexity index is 883. The van der Waals surface area contributed by atoms with Crippen molar-refractivity contribution in [2.45, 2.75) is 6.10 Å². The molecule has 0 atom stereocenters. The lowest BCUT2D eigenvalue weighted by Gasteiger charge is -2.16. The van der Waals surface area contributed by atoms with Crippen LogP contribution in [0, 0.1) is 0 Å². The third-order valence-electron chi connectivity index (χ3n) is 4.62. The molecule has 3 heteroatoms. The van der Waals surface area contributed by atoms with Gasteiger partial charge >= 0.3 is 5.97 Å². The van der Waals surface area contributed by atoms with E-state index in [0.717, 1.165) is 27.9 Å². The van der Waals surface area contributed by atoms with Crippen LogP contribution in [-0.4, -0.2) is 20.1 Å². The van der Waals surface area contributed by atoms with Crippen LogP contribution in [0.5, 0.6) is 0 Å². The van der Waals surface area contributed by atoms with E-state index in [9.17, 15) is 4.79 Å². The minimum Gasteiger partial charge on any atom is -0.449 e. The number of ether oxygens (including phenoxy) is 1. The first kappa shape index (κ1) is 15.5. The molecule has 0 aromatic heterocycles.